The molecule has 1 fully saturated rings. The first-order valence-corrected chi connectivity index (χ1v) is 17.9. The molecule has 53 heavy (non-hydrogen) atoms. The lowest BCUT2D eigenvalue weighted by Gasteiger charge is -2.39. The van der Waals surface area contributed by atoms with Crippen LogP contribution in [-0.2, 0) is 36.8 Å². The van der Waals surface area contributed by atoms with Crippen molar-refractivity contribution in [2.75, 3.05) is 20.1 Å². The fraction of sp³-hybridized carbons (Fsp3) is 0.474. The Hall–Kier alpha value is -5.60. The Bertz CT molecular complexity index is 1760. The topological polar surface area (TPSA) is 216 Å². The van der Waals surface area contributed by atoms with Crippen molar-refractivity contribution >= 4 is 46.7 Å². The lowest BCUT2D eigenvalue weighted by Crippen LogP contribution is -2.61. The molecule has 15 nitrogen and oxygen atoms in total. The van der Waals surface area contributed by atoms with Crippen LogP contribution in [0.5, 0.6) is 0 Å². The molecule has 0 aliphatic carbocycles. The molecule has 0 spiro atoms. The molecule has 3 unspecified atom stereocenters. The highest BCUT2D eigenvalue weighted by atomic mass is 16.6. The standard InChI is InChI=1S/C38H51N7O8/c1-38(2,3)53-37(52)44(4)31(21-24-13-6-5-7-14-24)34(48)45-20-11-10-18-30(45)33(47)43-29(22-25-23-41-27-16-9-8-15-26(25)27)32(46)42-28(35(49)50)17-12-19-40-36(39)51/h5-9,13-16,23,28-31,41H,10-12,17-22H2,1-4H3,(H,42,46)(H,43,47)(H,49,50)(H3,39,40,51)/t28?,29?,30-,31?/m0/s1. The van der Waals surface area contributed by atoms with Crippen molar-refractivity contribution in [3.8, 4) is 0 Å². The zero-order chi connectivity index (χ0) is 38.7. The number of carboxylic acid groups (broad SMARTS) is 1. The van der Waals surface area contributed by atoms with Gasteiger partial charge in [0, 0.05) is 50.1 Å². The summed E-state index contributed by atoms with van der Waals surface area (Å²) in [6.45, 7) is 5.58. The van der Waals surface area contributed by atoms with Crippen LogP contribution in [0.1, 0.15) is 64.0 Å². The molecule has 2 aromatic carbocycles. The number of para-hydroxylation sites is 1. The molecule has 1 aliphatic rings. The van der Waals surface area contributed by atoms with Crippen LogP contribution in [0, 0.1) is 0 Å². The summed E-state index contributed by atoms with van der Waals surface area (Å²) >= 11 is 0. The third-order valence-corrected chi connectivity index (χ3v) is 9.11. The summed E-state index contributed by atoms with van der Waals surface area (Å²) in [5.74, 6) is -3.01. The number of carbonyl (C=O) groups excluding carboxylic acids is 5. The van der Waals surface area contributed by atoms with E-state index in [1.807, 2.05) is 54.6 Å². The van der Waals surface area contributed by atoms with Crippen LogP contribution in [0.15, 0.2) is 60.8 Å². The van der Waals surface area contributed by atoms with Crippen LogP contribution in [0.4, 0.5) is 9.59 Å². The van der Waals surface area contributed by atoms with Crippen molar-refractivity contribution in [3.63, 3.8) is 0 Å². The summed E-state index contributed by atoms with van der Waals surface area (Å²) in [5.41, 5.74) is 6.65. The molecular weight excluding hydrogens is 682 g/mol. The minimum atomic E-state index is -1.31. The van der Waals surface area contributed by atoms with E-state index in [4.69, 9.17) is 10.5 Å². The van der Waals surface area contributed by atoms with E-state index >= 15 is 0 Å². The largest absolute Gasteiger partial charge is 0.480 e. The Morgan fingerprint density at radius 1 is 0.981 bits per heavy atom. The number of hydrogen-bond acceptors (Lipinski definition) is 7. The molecule has 0 saturated carbocycles. The number of piperidine rings is 1. The van der Waals surface area contributed by atoms with Gasteiger partial charge in [-0.1, -0.05) is 48.5 Å². The first-order chi connectivity index (χ1) is 25.1. The predicted octanol–water partition coefficient (Wildman–Crippen LogP) is 3.07. The highest BCUT2D eigenvalue weighted by molar-refractivity contribution is 5.95. The number of H-pyrrole nitrogens is 1. The summed E-state index contributed by atoms with van der Waals surface area (Å²) < 4.78 is 5.60. The Labute approximate surface area is 309 Å². The second-order valence-corrected chi connectivity index (χ2v) is 14.3. The van der Waals surface area contributed by atoms with E-state index in [0.29, 0.717) is 19.3 Å². The molecule has 2 heterocycles. The maximum absolute atomic E-state index is 14.5. The Morgan fingerprint density at radius 2 is 1.68 bits per heavy atom. The van der Waals surface area contributed by atoms with E-state index < -0.39 is 65.6 Å². The molecule has 4 rings (SSSR count). The SMILES string of the molecule is CN(C(=O)OC(C)(C)C)C(Cc1ccccc1)C(=O)N1CCCC[C@H]1C(=O)NC(Cc1c[nH]c2ccccc12)C(=O)NC(CCCNC(N)=O)C(=O)O. The zero-order valence-electron chi connectivity index (χ0n) is 30.7. The number of nitrogens with zero attached hydrogens (tertiary/aromatic N) is 2. The average molecular weight is 734 g/mol. The number of hydrogen-bond donors (Lipinski definition) is 6. The van der Waals surface area contributed by atoms with E-state index in [2.05, 4.69) is 20.9 Å². The van der Waals surface area contributed by atoms with Gasteiger partial charge in [-0.15, -0.1) is 0 Å². The highest BCUT2D eigenvalue weighted by Crippen LogP contribution is 2.24. The molecule has 3 aromatic rings. The van der Waals surface area contributed by atoms with Gasteiger partial charge >= 0.3 is 18.1 Å². The molecule has 0 radical (unpaired) electrons. The Balaban J connectivity index is 1.60. The Morgan fingerprint density at radius 3 is 2.36 bits per heavy atom. The number of likely N-dealkylation sites (tertiary alicyclic amines) is 1. The highest BCUT2D eigenvalue weighted by Gasteiger charge is 2.40. The lowest BCUT2D eigenvalue weighted by molar-refractivity contribution is -0.147. The number of likely N-dealkylation sites (N-methyl/N-ethyl adjacent to an activating group) is 1. The van der Waals surface area contributed by atoms with Gasteiger partial charge in [0.1, 0.15) is 29.8 Å². The number of urea groups is 1. The summed E-state index contributed by atoms with van der Waals surface area (Å²) in [7, 11) is 1.50. The molecule has 4 atom stereocenters. The van der Waals surface area contributed by atoms with Crippen LogP contribution < -0.4 is 21.7 Å². The fourth-order valence-corrected chi connectivity index (χ4v) is 6.39. The fourth-order valence-electron chi connectivity index (χ4n) is 6.39. The van der Waals surface area contributed by atoms with Gasteiger partial charge in [0.05, 0.1) is 0 Å². The van der Waals surface area contributed by atoms with Gasteiger partial charge in [-0.05, 0) is 70.1 Å². The van der Waals surface area contributed by atoms with Gasteiger partial charge in [0.15, 0.2) is 0 Å². The number of carbonyl (C=O) groups is 6. The zero-order valence-corrected chi connectivity index (χ0v) is 30.7. The third kappa shape index (κ3) is 11.4. The third-order valence-electron chi connectivity index (χ3n) is 9.11. The average Bonchev–Trinajstić information content (AvgIpc) is 3.53. The Kier molecular flexibility index (Phi) is 13.8. The number of aliphatic carboxylic acids is 1. The van der Waals surface area contributed by atoms with Gasteiger partial charge < -0.3 is 41.4 Å². The van der Waals surface area contributed by atoms with Crippen LogP contribution in [0.25, 0.3) is 10.9 Å². The molecular formula is C38H51N7O8. The van der Waals surface area contributed by atoms with Gasteiger partial charge in [0.2, 0.25) is 17.7 Å². The molecule has 286 valence electrons. The van der Waals surface area contributed by atoms with Crippen molar-refractivity contribution in [2.24, 2.45) is 5.73 Å². The second-order valence-electron chi connectivity index (χ2n) is 14.3. The molecule has 1 aromatic heterocycles. The van der Waals surface area contributed by atoms with Crippen LogP contribution in [0.3, 0.4) is 0 Å². The molecule has 1 aliphatic heterocycles. The van der Waals surface area contributed by atoms with Crippen molar-refractivity contribution in [1.82, 2.24) is 30.7 Å². The molecule has 7 N–H and O–H groups in total. The van der Waals surface area contributed by atoms with Gasteiger partial charge in [-0.25, -0.2) is 14.4 Å². The summed E-state index contributed by atoms with van der Waals surface area (Å²) in [6, 6.07) is 11.5. The summed E-state index contributed by atoms with van der Waals surface area (Å²) in [6.07, 6.45) is 3.07. The first-order valence-electron chi connectivity index (χ1n) is 17.9. The normalized spacial score (nSPS) is 16.2. The van der Waals surface area contributed by atoms with Crippen molar-refractivity contribution in [1.29, 1.82) is 0 Å². The van der Waals surface area contributed by atoms with Crippen molar-refractivity contribution < 1.29 is 38.6 Å². The van der Waals surface area contributed by atoms with E-state index in [1.165, 1.54) is 16.8 Å². The maximum atomic E-state index is 14.5. The quantitative estimate of drug-likeness (QED) is 0.127. The van der Waals surface area contributed by atoms with Gasteiger partial charge in [-0.3, -0.25) is 19.3 Å². The van der Waals surface area contributed by atoms with Crippen LogP contribution in [0.2, 0.25) is 0 Å². The minimum Gasteiger partial charge on any atom is -0.480 e. The van der Waals surface area contributed by atoms with Crippen LogP contribution >= 0.6 is 0 Å². The predicted molar refractivity (Wildman–Crippen MR) is 198 cm³/mol. The van der Waals surface area contributed by atoms with Crippen molar-refractivity contribution in [3.05, 3.63) is 71.9 Å². The number of primary amides is 1. The molecule has 15 heteroatoms. The van der Waals surface area contributed by atoms with Crippen molar-refractivity contribution in [2.45, 2.75) is 95.5 Å². The van der Waals surface area contributed by atoms with E-state index in [-0.39, 0.29) is 38.8 Å². The number of rotatable bonds is 15. The van der Waals surface area contributed by atoms with E-state index in [0.717, 1.165) is 22.0 Å². The number of carboxylic acids is 1. The number of nitrogens with two attached hydrogens (primary N) is 1. The number of fused-ring (bicyclic) bond motifs is 1. The number of nitrogens with one attached hydrogen (secondary N) is 4. The number of benzene rings is 2. The van der Waals surface area contributed by atoms with Gasteiger partial charge in [-0.2, -0.15) is 0 Å². The van der Waals surface area contributed by atoms with E-state index in [1.54, 1.807) is 27.0 Å². The monoisotopic (exact) mass is 733 g/mol. The first kappa shape index (κ1) is 40.2. The number of ether oxygens (including phenoxy) is 1. The second kappa shape index (κ2) is 18.2. The molecule has 1 saturated heterocycles. The maximum Gasteiger partial charge on any atom is 0.410 e. The number of amides is 6. The summed E-state index contributed by atoms with van der Waals surface area (Å²) in [5, 5.41) is 18.5. The minimum absolute atomic E-state index is 0.00597. The molecule has 0 bridgehead atoms. The van der Waals surface area contributed by atoms with E-state index in [9.17, 15) is 33.9 Å². The lowest BCUT2D eigenvalue weighted by atomic mass is 9.96. The molecule has 6 amide bonds. The summed E-state index contributed by atoms with van der Waals surface area (Å²) in [4.78, 5) is 84.9. The van der Waals surface area contributed by atoms with Gasteiger partial charge in [0.25, 0.3) is 0 Å². The number of aromatic nitrogens is 1. The number of aromatic amines is 1. The smallest absolute Gasteiger partial charge is 0.410 e. The van der Waals surface area contributed by atoms with Crippen LogP contribution in [-0.4, -0.2) is 106 Å².